The standard InChI is InChI=1S/C22H20O7/c1-27-18(23)12-13-19(24)28-15-14-20(25)29-22(26)21(16-8-4-2-5-9-16)17-10-6-3-7-11-17/h2-13,21H,14-15H2,1H3/b13-12+. The second-order valence-electron chi connectivity index (χ2n) is 5.82. The SMILES string of the molecule is COC(=O)/C=C/C(=O)OCCC(=O)OC(=O)C(c1ccccc1)c1ccccc1. The first kappa shape index (κ1) is 21.6. The van der Waals surface area contributed by atoms with E-state index in [0.29, 0.717) is 11.1 Å². The van der Waals surface area contributed by atoms with Gasteiger partial charge in [-0.25, -0.2) is 9.59 Å². The number of benzene rings is 2. The normalized spacial score (nSPS) is 10.6. The van der Waals surface area contributed by atoms with Crippen LogP contribution in [0.25, 0.3) is 0 Å². The molecule has 0 saturated heterocycles. The molecule has 0 fully saturated rings. The maximum absolute atomic E-state index is 12.6. The highest BCUT2D eigenvalue weighted by molar-refractivity contribution is 5.92. The highest BCUT2D eigenvalue weighted by atomic mass is 16.6. The molecule has 0 aliphatic carbocycles. The number of carbonyl (C=O) groups excluding carboxylic acids is 4. The Kier molecular flexibility index (Phi) is 8.31. The molecule has 2 aromatic rings. The fraction of sp³-hybridized carbons (Fsp3) is 0.182. The first-order chi connectivity index (χ1) is 14.0. The zero-order valence-corrected chi connectivity index (χ0v) is 15.8. The second-order valence-corrected chi connectivity index (χ2v) is 5.82. The lowest BCUT2D eigenvalue weighted by Crippen LogP contribution is -2.22. The van der Waals surface area contributed by atoms with E-state index in [1.54, 1.807) is 48.5 Å². The highest BCUT2D eigenvalue weighted by Gasteiger charge is 2.26. The van der Waals surface area contributed by atoms with E-state index >= 15 is 0 Å². The molecule has 0 saturated carbocycles. The van der Waals surface area contributed by atoms with Crippen molar-refractivity contribution in [3.05, 3.63) is 83.9 Å². The van der Waals surface area contributed by atoms with E-state index in [9.17, 15) is 19.2 Å². The van der Waals surface area contributed by atoms with Gasteiger partial charge in [0.2, 0.25) is 0 Å². The van der Waals surface area contributed by atoms with Gasteiger partial charge in [-0.3, -0.25) is 9.59 Å². The molecule has 0 aliphatic heterocycles. The van der Waals surface area contributed by atoms with E-state index in [0.717, 1.165) is 12.2 Å². The van der Waals surface area contributed by atoms with Crippen LogP contribution in [0, 0.1) is 0 Å². The highest BCUT2D eigenvalue weighted by Crippen LogP contribution is 2.26. The summed E-state index contributed by atoms with van der Waals surface area (Å²) in [5.41, 5.74) is 1.38. The third-order valence-electron chi connectivity index (χ3n) is 3.82. The Labute approximate surface area is 167 Å². The molecule has 0 bridgehead atoms. The number of carbonyl (C=O) groups is 4. The lowest BCUT2D eigenvalue weighted by Gasteiger charge is -2.16. The van der Waals surface area contributed by atoms with Gasteiger partial charge < -0.3 is 14.2 Å². The monoisotopic (exact) mass is 396 g/mol. The van der Waals surface area contributed by atoms with Crippen molar-refractivity contribution in [3.63, 3.8) is 0 Å². The molecular weight excluding hydrogens is 376 g/mol. The number of methoxy groups -OCH3 is 1. The Morgan fingerprint density at radius 1 is 0.828 bits per heavy atom. The van der Waals surface area contributed by atoms with Crippen LogP contribution in [-0.4, -0.2) is 37.6 Å². The first-order valence-electron chi connectivity index (χ1n) is 8.78. The van der Waals surface area contributed by atoms with Gasteiger partial charge in [0.05, 0.1) is 13.5 Å². The Bertz CT molecular complexity index is 833. The molecule has 0 aromatic heterocycles. The molecule has 7 nitrogen and oxygen atoms in total. The van der Waals surface area contributed by atoms with E-state index in [2.05, 4.69) is 4.74 Å². The number of hydrogen-bond donors (Lipinski definition) is 0. The molecule has 0 spiro atoms. The number of esters is 4. The maximum atomic E-state index is 12.6. The fourth-order valence-electron chi connectivity index (χ4n) is 2.46. The van der Waals surface area contributed by atoms with Gasteiger partial charge in [-0.1, -0.05) is 60.7 Å². The smallest absolute Gasteiger partial charge is 0.331 e. The topological polar surface area (TPSA) is 96.0 Å². The minimum Gasteiger partial charge on any atom is -0.466 e. The summed E-state index contributed by atoms with van der Waals surface area (Å²) in [6, 6.07) is 17.9. The van der Waals surface area contributed by atoms with Crippen molar-refractivity contribution in [2.45, 2.75) is 12.3 Å². The Morgan fingerprint density at radius 3 is 1.86 bits per heavy atom. The Balaban J connectivity index is 1.94. The molecule has 0 amide bonds. The van der Waals surface area contributed by atoms with Gasteiger partial charge in [-0.05, 0) is 11.1 Å². The van der Waals surface area contributed by atoms with Crippen molar-refractivity contribution in [3.8, 4) is 0 Å². The van der Waals surface area contributed by atoms with Crippen molar-refractivity contribution >= 4 is 23.9 Å². The van der Waals surface area contributed by atoms with E-state index < -0.39 is 29.8 Å². The molecular formula is C22H20O7. The molecule has 150 valence electrons. The van der Waals surface area contributed by atoms with Crippen LogP contribution in [0.15, 0.2) is 72.8 Å². The van der Waals surface area contributed by atoms with Gasteiger partial charge in [-0.15, -0.1) is 0 Å². The summed E-state index contributed by atoms with van der Waals surface area (Å²) in [5, 5.41) is 0. The lowest BCUT2D eigenvalue weighted by atomic mass is 9.91. The van der Waals surface area contributed by atoms with Crippen LogP contribution >= 0.6 is 0 Å². The molecule has 0 heterocycles. The summed E-state index contributed by atoms with van der Waals surface area (Å²) in [5.74, 6) is -3.83. The average molecular weight is 396 g/mol. The Hall–Kier alpha value is -3.74. The molecule has 0 radical (unpaired) electrons. The minimum atomic E-state index is -0.823. The summed E-state index contributed by atoms with van der Waals surface area (Å²) < 4.78 is 14.1. The lowest BCUT2D eigenvalue weighted by molar-refractivity contribution is -0.161. The van der Waals surface area contributed by atoms with Gasteiger partial charge in [0.25, 0.3) is 0 Å². The number of hydrogen-bond acceptors (Lipinski definition) is 7. The van der Waals surface area contributed by atoms with Crippen molar-refractivity contribution in [2.75, 3.05) is 13.7 Å². The van der Waals surface area contributed by atoms with Crippen LogP contribution in [0.2, 0.25) is 0 Å². The second kappa shape index (κ2) is 11.2. The average Bonchev–Trinajstić information content (AvgIpc) is 2.73. The van der Waals surface area contributed by atoms with Gasteiger partial charge in [-0.2, -0.15) is 0 Å². The molecule has 2 aromatic carbocycles. The quantitative estimate of drug-likeness (QED) is 0.293. The third-order valence-corrected chi connectivity index (χ3v) is 3.82. The van der Waals surface area contributed by atoms with E-state index in [1.165, 1.54) is 7.11 Å². The third kappa shape index (κ3) is 7.06. The molecule has 0 atom stereocenters. The van der Waals surface area contributed by atoms with Gasteiger partial charge >= 0.3 is 23.9 Å². The van der Waals surface area contributed by atoms with Crippen LogP contribution in [0.5, 0.6) is 0 Å². The summed E-state index contributed by atoms with van der Waals surface area (Å²) in [7, 11) is 1.17. The first-order valence-corrected chi connectivity index (χ1v) is 8.78. The molecule has 29 heavy (non-hydrogen) atoms. The zero-order chi connectivity index (χ0) is 21.1. The van der Waals surface area contributed by atoms with Crippen molar-refractivity contribution < 1.29 is 33.4 Å². The van der Waals surface area contributed by atoms with Gasteiger partial charge in [0, 0.05) is 12.2 Å². The van der Waals surface area contributed by atoms with Crippen LogP contribution < -0.4 is 0 Å². The minimum absolute atomic E-state index is 0.294. The van der Waals surface area contributed by atoms with E-state index in [-0.39, 0.29) is 13.0 Å². The largest absolute Gasteiger partial charge is 0.466 e. The molecule has 2 rings (SSSR count). The molecule has 0 N–H and O–H groups in total. The molecule has 7 heteroatoms. The predicted octanol–water partition coefficient (Wildman–Crippen LogP) is 2.55. The number of ether oxygens (including phenoxy) is 3. The summed E-state index contributed by atoms with van der Waals surface area (Å²) in [6.07, 6.45) is 1.47. The Morgan fingerprint density at radius 2 is 1.34 bits per heavy atom. The van der Waals surface area contributed by atoms with E-state index in [1.807, 2.05) is 12.1 Å². The van der Waals surface area contributed by atoms with Crippen LogP contribution in [0.4, 0.5) is 0 Å². The van der Waals surface area contributed by atoms with Crippen LogP contribution in [-0.2, 0) is 33.4 Å². The van der Waals surface area contributed by atoms with Crippen molar-refractivity contribution in [1.29, 1.82) is 0 Å². The van der Waals surface area contributed by atoms with Crippen molar-refractivity contribution in [1.82, 2.24) is 0 Å². The van der Waals surface area contributed by atoms with Crippen LogP contribution in [0.3, 0.4) is 0 Å². The van der Waals surface area contributed by atoms with Crippen LogP contribution in [0.1, 0.15) is 23.5 Å². The summed E-state index contributed by atoms with van der Waals surface area (Å²) >= 11 is 0. The molecule has 0 unspecified atom stereocenters. The van der Waals surface area contributed by atoms with Gasteiger partial charge in [0.15, 0.2) is 0 Å². The maximum Gasteiger partial charge on any atom is 0.331 e. The fourth-order valence-corrected chi connectivity index (χ4v) is 2.46. The van der Waals surface area contributed by atoms with E-state index in [4.69, 9.17) is 9.47 Å². The zero-order valence-electron chi connectivity index (χ0n) is 15.8. The number of rotatable bonds is 8. The van der Waals surface area contributed by atoms with Gasteiger partial charge in [0.1, 0.15) is 12.5 Å². The summed E-state index contributed by atoms with van der Waals surface area (Å²) in [6.45, 7) is -0.294. The predicted molar refractivity (Wildman–Crippen MR) is 103 cm³/mol. The molecule has 0 aliphatic rings. The van der Waals surface area contributed by atoms with Crippen molar-refractivity contribution in [2.24, 2.45) is 0 Å². The summed E-state index contributed by atoms with van der Waals surface area (Å²) in [4.78, 5) is 46.9.